The van der Waals surface area contributed by atoms with Gasteiger partial charge >= 0.3 is 0 Å². The molecule has 0 spiro atoms. The van der Waals surface area contributed by atoms with Crippen molar-refractivity contribution < 1.29 is 0 Å². The van der Waals surface area contributed by atoms with Crippen molar-refractivity contribution in [3.63, 3.8) is 0 Å². The highest BCUT2D eigenvalue weighted by Gasteiger charge is 2.11. The monoisotopic (exact) mass is 227 g/mol. The third kappa shape index (κ3) is 3.18. The highest BCUT2D eigenvalue weighted by Crippen LogP contribution is 2.25. The normalized spacial score (nSPS) is 10.7. The number of hydrogen-bond acceptors (Lipinski definition) is 4. The van der Waals surface area contributed by atoms with E-state index in [2.05, 4.69) is 43.0 Å². The highest BCUT2D eigenvalue weighted by molar-refractivity contribution is 7.15. The molecular weight excluding hydrogens is 206 g/mol. The third-order valence-electron chi connectivity index (χ3n) is 2.44. The van der Waals surface area contributed by atoms with Crippen molar-refractivity contribution in [3.8, 4) is 0 Å². The summed E-state index contributed by atoms with van der Waals surface area (Å²) in [5, 5.41) is 4.50. The summed E-state index contributed by atoms with van der Waals surface area (Å²) in [5.74, 6) is 0. The van der Waals surface area contributed by atoms with Crippen LogP contribution in [0.15, 0.2) is 0 Å². The molecule has 0 atom stereocenters. The van der Waals surface area contributed by atoms with Gasteiger partial charge in [-0.1, -0.05) is 13.8 Å². The van der Waals surface area contributed by atoms with Crippen molar-refractivity contribution in [2.24, 2.45) is 0 Å². The number of aryl methyl sites for hydroxylation is 1. The van der Waals surface area contributed by atoms with Gasteiger partial charge in [0.1, 0.15) is 0 Å². The number of rotatable bonds is 6. The molecule has 0 bridgehead atoms. The van der Waals surface area contributed by atoms with Gasteiger partial charge in [-0.05, 0) is 19.9 Å². The maximum absolute atomic E-state index is 4.66. The van der Waals surface area contributed by atoms with Gasteiger partial charge in [0.15, 0.2) is 5.13 Å². The summed E-state index contributed by atoms with van der Waals surface area (Å²) in [7, 11) is 2.09. The lowest BCUT2D eigenvalue weighted by atomic mass is 10.3. The van der Waals surface area contributed by atoms with E-state index in [0.717, 1.165) is 31.2 Å². The Kier molecular flexibility index (Phi) is 5.05. The van der Waals surface area contributed by atoms with Crippen LogP contribution in [0.2, 0.25) is 0 Å². The van der Waals surface area contributed by atoms with Gasteiger partial charge < -0.3 is 10.2 Å². The Morgan fingerprint density at radius 3 is 2.60 bits per heavy atom. The summed E-state index contributed by atoms with van der Waals surface area (Å²) in [6.45, 7) is 9.43. The van der Waals surface area contributed by atoms with E-state index in [4.69, 9.17) is 0 Å². The summed E-state index contributed by atoms with van der Waals surface area (Å²) < 4.78 is 0. The van der Waals surface area contributed by atoms with Crippen LogP contribution < -0.4 is 10.2 Å². The van der Waals surface area contributed by atoms with Crippen LogP contribution >= 0.6 is 11.3 Å². The Labute approximate surface area is 96.5 Å². The smallest absolute Gasteiger partial charge is 0.185 e. The zero-order valence-electron chi connectivity index (χ0n) is 10.1. The molecule has 86 valence electrons. The summed E-state index contributed by atoms with van der Waals surface area (Å²) in [6.07, 6.45) is 1.02. The van der Waals surface area contributed by atoms with E-state index < -0.39 is 0 Å². The first-order chi connectivity index (χ1) is 7.22. The largest absolute Gasteiger partial charge is 0.351 e. The lowest BCUT2D eigenvalue weighted by Crippen LogP contribution is -2.15. The summed E-state index contributed by atoms with van der Waals surface area (Å²) in [4.78, 5) is 8.23. The van der Waals surface area contributed by atoms with E-state index in [0.29, 0.717) is 0 Å². The predicted octanol–water partition coefficient (Wildman–Crippen LogP) is 2.27. The van der Waals surface area contributed by atoms with E-state index in [-0.39, 0.29) is 0 Å². The standard InChI is InChI=1S/C11H21N3S/c1-5-9-10(8-12-6-2)15-11(13-9)14(4)7-3/h12H,5-8H2,1-4H3. The van der Waals surface area contributed by atoms with E-state index in [1.54, 1.807) is 0 Å². The van der Waals surface area contributed by atoms with Crippen LogP contribution in [0.25, 0.3) is 0 Å². The van der Waals surface area contributed by atoms with Gasteiger partial charge in [-0.15, -0.1) is 11.3 Å². The van der Waals surface area contributed by atoms with Crippen molar-refractivity contribution in [2.45, 2.75) is 33.7 Å². The summed E-state index contributed by atoms with van der Waals surface area (Å²) in [5.41, 5.74) is 1.25. The second-order valence-corrected chi connectivity index (χ2v) is 4.58. The number of nitrogens with zero attached hydrogens (tertiary/aromatic N) is 2. The van der Waals surface area contributed by atoms with Crippen LogP contribution in [0.1, 0.15) is 31.3 Å². The number of anilines is 1. The van der Waals surface area contributed by atoms with Gasteiger partial charge in [0.05, 0.1) is 5.69 Å². The molecule has 15 heavy (non-hydrogen) atoms. The van der Waals surface area contributed by atoms with Crippen molar-refractivity contribution in [1.29, 1.82) is 0 Å². The second kappa shape index (κ2) is 6.08. The Morgan fingerprint density at radius 1 is 1.33 bits per heavy atom. The fraction of sp³-hybridized carbons (Fsp3) is 0.727. The van der Waals surface area contributed by atoms with Gasteiger partial charge in [0.25, 0.3) is 0 Å². The molecule has 1 heterocycles. The first-order valence-corrected chi connectivity index (χ1v) is 6.44. The molecule has 0 aliphatic carbocycles. The number of nitrogens with one attached hydrogen (secondary N) is 1. The van der Waals surface area contributed by atoms with Crippen LogP contribution in [0, 0.1) is 0 Å². The fourth-order valence-corrected chi connectivity index (χ4v) is 2.46. The van der Waals surface area contributed by atoms with Crippen LogP contribution in [-0.2, 0) is 13.0 Å². The zero-order valence-corrected chi connectivity index (χ0v) is 10.9. The Morgan fingerprint density at radius 2 is 2.07 bits per heavy atom. The molecule has 1 aromatic heterocycles. The third-order valence-corrected chi connectivity index (χ3v) is 3.65. The predicted molar refractivity (Wildman–Crippen MR) is 67.8 cm³/mol. The molecule has 1 N–H and O–H groups in total. The number of hydrogen-bond donors (Lipinski definition) is 1. The summed E-state index contributed by atoms with van der Waals surface area (Å²) in [6, 6.07) is 0. The SMILES string of the molecule is CCNCc1sc(N(C)CC)nc1CC. The van der Waals surface area contributed by atoms with Gasteiger partial charge in [0.2, 0.25) is 0 Å². The van der Waals surface area contributed by atoms with Gasteiger partial charge in [-0.3, -0.25) is 0 Å². The Hall–Kier alpha value is -0.610. The van der Waals surface area contributed by atoms with E-state index in [9.17, 15) is 0 Å². The maximum Gasteiger partial charge on any atom is 0.185 e. The first-order valence-electron chi connectivity index (χ1n) is 5.63. The van der Waals surface area contributed by atoms with Gasteiger partial charge in [0, 0.05) is 25.0 Å². The zero-order chi connectivity index (χ0) is 11.3. The molecule has 3 nitrogen and oxygen atoms in total. The summed E-state index contributed by atoms with van der Waals surface area (Å²) >= 11 is 1.81. The molecular formula is C11H21N3S. The minimum absolute atomic E-state index is 0.953. The van der Waals surface area contributed by atoms with Crippen molar-refractivity contribution in [1.82, 2.24) is 10.3 Å². The van der Waals surface area contributed by atoms with Crippen LogP contribution in [0.5, 0.6) is 0 Å². The molecule has 0 aromatic carbocycles. The quantitative estimate of drug-likeness (QED) is 0.808. The van der Waals surface area contributed by atoms with Crippen molar-refractivity contribution in [3.05, 3.63) is 10.6 Å². The number of aromatic nitrogens is 1. The molecule has 0 aliphatic heterocycles. The van der Waals surface area contributed by atoms with E-state index in [1.807, 2.05) is 11.3 Å². The lowest BCUT2D eigenvalue weighted by molar-refractivity contribution is 0.727. The molecule has 0 amide bonds. The molecule has 0 saturated heterocycles. The average molecular weight is 227 g/mol. The Bertz CT molecular complexity index is 296. The van der Waals surface area contributed by atoms with Crippen LogP contribution in [0.3, 0.4) is 0 Å². The molecule has 4 heteroatoms. The molecule has 0 unspecified atom stereocenters. The highest BCUT2D eigenvalue weighted by atomic mass is 32.1. The topological polar surface area (TPSA) is 28.2 Å². The fourth-order valence-electron chi connectivity index (χ4n) is 1.32. The molecule has 1 rings (SSSR count). The molecule has 0 radical (unpaired) electrons. The second-order valence-electron chi connectivity index (χ2n) is 3.51. The van der Waals surface area contributed by atoms with E-state index >= 15 is 0 Å². The minimum atomic E-state index is 0.953. The maximum atomic E-state index is 4.66. The van der Waals surface area contributed by atoms with Crippen molar-refractivity contribution in [2.75, 3.05) is 25.0 Å². The molecule has 0 fully saturated rings. The minimum Gasteiger partial charge on any atom is -0.351 e. The van der Waals surface area contributed by atoms with E-state index in [1.165, 1.54) is 10.6 Å². The Balaban J connectivity index is 2.80. The van der Waals surface area contributed by atoms with Crippen molar-refractivity contribution >= 4 is 16.5 Å². The average Bonchev–Trinajstić information content (AvgIpc) is 2.68. The molecule has 0 saturated carbocycles. The lowest BCUT2D eigenvalue weighted by Gasteiger charge is -2.11. The van der Waals surface area contributed by atoms with Crippen LogP contribution in [-0.4, -0.2) is 25.1 Å². The van der Waals surface area contributed by atoms with Gasteiger partial charge in [-0.25, -0.2) is 4.98 Å². The molecule has 1 aromatic rings. The van der Waals surface area contributed by atoms with Gasteiger partial charge in [-0.2, -0.15) is 0 Å². The van der Waals surface area contributed by atoms with Crippen LogP contribution in [0.4, 0.5) is 5.13 Å². The molecule has 0 aliphatic rings. The first kappa shape index (κ1) is 12.5. The number of thiazole rings is 1.